The average Bonchev–Trinajstić information content (AvgIpc) is 2.73. The summed E-state index contributed by atoms with van der Waals surface area (Å²) in [5.41, 5.74) is 2.40. The molecule has 0 radical (unpaired) electrons. The van der Waals surface area contributed by atoms with Gasteiger partial charge in [-0.25, -0.2) is 4.98 Å². The van der Waals surface area contributed by atoms with Crippen molar-refractivity contribution in [3.63, 3.8) is 0 Å². The van der Waals surface area contributed by atoms with E-state index in [0.717, 1.165) is 29.6 Å². The van der Waals surface area contributed by atoms with Crippen LogP contribution in [0.5, 0.6) is 0 Å². The predicted octanol–water partition coefficient (Wildman–Crippen LogP) is 2.68. The zero-order valence-electron chi connectivity index (χ0n) is 13.1. The highest BCUT2D eigenvalue weighted by Gasteiger charge is 2.30. The molecule has 5 heteroatoms. The van der Waals surface area contributed by atoms with Crippen molar-refractivity contribution in [3.05, 3.63) is 23.5 Å². The number of likely N-dealkylation sites (tertiary alicyclic amines) is 1. The highest BCUT2D eigenvalue weighted by molar-refractivity contribution is 5.97. The first-order valence-corrected chi connectivity index (χ1v) is 7.61. The van der Waals surface area contributed by atoms with Crippen LogP contribution in [-0.2, 0) is 7.05 Å². The van der Waals surface area contributed by atoms with Crippen molar-refractivity contribution >= 4 is 16.9 Å². The average molecular weight is 286 g/mol. The summed E-state index contributed by atoms with van der Waals surface area (Å²) >= 11 is 0. The van der Waals surface area contributed by atoms with Crippen molar-refractivity contribution in [1.82, 2.24) is 19.7 Å². The van der Waals surface area contributed by atoms with Crippen molar-refractivity contribution < 1.29 is 4.79 Å². The standard InChI is InChI=1S/C16H22N4O/c1-10-6-5-7-11(2)20(10)16(21)13-8-14-12(3)18-19(4)15(14)17-9-13/h8-11H,5-7H2,1-4H3. The van der Waals surface area contributed by atoms with Gasteiger partial charge in [0.1, 0.15) is 0 Å². The molecule has 1 fully saturated rings. The maximum absolute atomic E-state index is 12.8. The number of aromatic nitrogens is 3. The molecule has 0 spiro atoms. The molecule has 21 heavy (non-hydrogen) atoms. The fraction of sp³-hybridized carbons (Fsp3) is 0.562. The van der Waals surface area contributed by atoms with E-state index in [9.17, 15) is 4.79 Å². The fourth-order valence-electron chi connectivity index (χ4n) is 3.40. The van der Waals surface area contributed by atoms with Gasteiger partial charge in [-0.2, -0.15) is 5.10 Å². The van der Waals surface area contributed by atoms with E-state index in [1.807, 2.05) is 24.9 Å². The fourth-order valence-corrected chi connectivity index (χ4v) is 3.40. The van der Waals surface area contributed by atoms with Gasteiger partial charge in [0.25, 0.3) is 5.91 Å². The number of amides is 1. The van der Waals surface area contributed by atoms with Crippen LogP contribution < -0.4 is 0 Å². The largest absolute Gasteiger partial charge is 0.333 e. The van der Waals surface area contributed by atoms with Crippen LogP contribution in [0, 0.1) is 6.92 Å². The minimum Gasteiger partial charge on any atom is -0.333 e. The van der Waals surface area contributed by atoms with Crippen molar-refractivity contribution in [2.45, 2.75) is 52.1 Å². The second kappa shape index (κ2) is 5.13. The molecule has 1 saturated heterocycles. The minimum absolute atomic E-state index is 0.0901. The molecule has 0 saturated carbocycles. The van der Waals surface area contributed by atoms with Gasteiger partial charge in [-0.1, -0.05) is 0 Å². The van der Waals surface area contributed by atoms with Crippen LogP contribution >= 0.6 is 0 Å². The molecule has 3 heterocycles. The van der Waals surface area contributed by atoms with Gasteiger partial charge in [-0.15, -0.1) is 0 Å². The first-order valence-electron chi connectivity index (χ1n) is 7.61. The van der Waals surface area contributed by atoms with E-state index < -0.39 is 0 Å². The highest BCUT2D eigenvalue weighted by Crippen LogP contribution is 2.25. The number of hydrogen-bond donors (Lipinski definition) is 0. The smallest absolute Gasteiger partial charge is 0.255 e. The molecule has 0 aromatic carbocycles. The molecule has 0 N–H and O–H groups in total. The number of hydrogen-bond acceptors (Lipinski definition) is 3. The lowest BCUT2D eigenvalue weighted by atomic mass is 9.96. The molecule has 112 valence electrons. The summed E-state index contributed by atoms with van der Waals surface area (Å²) in [5, 5.41) is 5.32. The molecule has 1 amide bonds. The van der Waals surface area contributed by atoms with E-state index in [2.05, 4.69) is 23.9 Å². The maximum atomic E-state index is 12.8. The van der Waals surface area contributed by atoms with E-state index in [4.69, 9.17) is 0 Å². The van der Waals surface area contributed by atoms with Gasteiger partial charge in [0.15, 0.2) is 5.65 Å². The van der Waals surface area contributed by atoms with E-state index in [-0.39, 0.29) is 5.91 Å². The molecule has 2 aromatic heterocycles. The number of piperidine rings is 1. The zero-order valence-corrected chi connectivity index (χ0v) is 13.1. The van der Waals surface area contributed by atoms with Crippen LogP contribution in [0.4, 0.5) is 0 Å². The summed E-state index contributed by atoms with van der Waals surface area (Å²) in [5.74, 6) is 0.0901. The number of pyridine rings is 1. The van der Waals surface area contributed by atoms with E-state index in [1.165, 1.54) is 6.42 Å². The molecule has 5 nitrogen and oxygen atoms in total. The third-order valence-electron chi connectivity index (χ3n) is 4.54. The van der Waals surface area contributed by atoms with Crippen LogP contribution in [0.2, 0.25) is 0 Å². The number of carbonyl (C=O) groups excluding carboxylic acids is 1. The molecular formula is C16H22N4O. The second-order valence-corrected chi connectivity index (χ2v) is 6.15. The Kier molecular flexibility index (Phi) is 3.43. The molecular weight excluding hydrogens is 264 g/mol. The van der Waals surface area contributed by atoms with E-state index >= 15 is 0 Å². The lowest BCUT2D eigenvalue weighted by Gasteiger charge is -2.39. The van der Waals surface area contributed by atoms with E-state index in [0.29, 0.717) is 17.6 Å². The Morgan fingerprint density at radius 2 is 1.95 bits per heavy atom. The van der Waals surface area contributed by atoms with Gasteiger partial charge < -0.3 is 4.90 Å². The van der Waals surface area contributed by atoms with Crippen LogP contribution in [0.3, 0.4) is 0 Å². The molecule has 2 atom stereocenters. The van der Waals surface area contributed by atoms with E-state index in [1.54, 1.807) is 10.9 Å². The molecule has 2 aromatic rings. The van der Waals surface area contributed by atoms with Crippen LogP contribution in [-0.4, -0.2) is 37.7 Å². The summed E-state index contributed by atoms with van der Waals surface area (Å²) in [6.45, 7) is 6.22. The van der Waals surface area contributed by atoms with Crippen LogP contribution in [0.15, 0.2) is 12.3 Å². The number of aryl methyl sites for hydroxylation is 2. The van der Waals surface area contributed by atoms with Crippen molar-refractivity contribution in [2.24, 2.45) is 7.05 Å². The predicted molar refractivity (Wildman–Crippen MR) is 82.2 cm³/mol. The number of carbonyl (C=O) groups is 1. The Morgan fingerprint density at radius 3 is 2.62 bits per heavy atom. The van der Waals surface area contributed by atoms with Crippen molar-refractivity contribution in [1.29, 1.82) is 0 Å². The summed E-state index contributed by atoms with van der Waals surface area (Å²) in [4.78, 5) is 19.3. The van der Waals surface area contributed by atoms with Gasteiger partial charge in [0.2, 0.25) is 0 Å². The zero-order chi connectivity index (χ0) is 15.1. The molecule has 1 aliphatic heterocycles. The highest BCUT2D eigenvalue weighted by atomic mass is 16.2. The molecule has 2 unspecified atom stereocenters. The van der Waals surface area contributed by atoms with Crippen molar-refractivity contribution in [2.75, 3.05) is 0 Å². The molecule has 3 rings (SSSR count). The first-order chi connectivity index (χ1) is 9.99. The topological polar surface area (TPSA) is 51.0 Å². The Bertz CT molecular complexity index is 681. The third kappa shape index (κ3) is 2.30. The summed E-state index contributed by atoms with van der Waals surface area (Å²) in [7, 11) is 1.87. The number of nitrogens with zero attached hydrogens (tertiary/aromatic N) is 4. The molecule has 0 bridgehead atoms. The summed E-state index contributed by atoms with van der Waals surface area (Å²) < 4.78 is 1.76. The Morgan fingerprint density at radius 1 is 1.29 bits per heavy atom. The normalized spacial score (nSPS) is 22.8. The van der Waals surface area contributed by atoms with Gasteiger partial charge in [-0.05, 0) is 46.1 Å². The van der Waals surface area contributed by atoms with Crippen LogP contribution in [0.1, 0.15) is 49.2 Å². The maximum Gasteiger partial charge on any atom is 0.255 e. The number of fused-ring (bicyclic) bond motifs is 1. The van der Waals surface area contributed by atoms with Gasteiger partial charge in [0.05, 0.1) is 11.3 Å². The third-order valence-corrected chi connectivity index (χ3v) is 4.54. The first kappa shape index (κ1) is 14.0. The van der Waals surface area contributed by atoms with Gasteiger partial charge >= 0.3 is 0 Å². The number of rotatable bonds is 1. The van der Waals surface area contributed by atoms with Crippen LogP contribution in [0.25, 0.3) is 11.0 Å². The summed E-state index contributed by atoms with van der Waals surface area (Å²) in [6.07, 6.45) is 5.04. The summed E-state index contributed by atoms with van der Waals surface area (Å²) in [6, 6.07) is 2.53. The van der Waals surface area contributed by atoms with Gasteiger partial charge in [0, 0.05) is 30.7 Å². The second-order valence-electron chi connectivity index (χ2n) is 6.15. The van der Waals surface area contributed by atoms with Gasteiger partial charge in [-0.3, -0.25) is 9.48 Å². The Labute approximate surface area is 125 Å². The molecule has 0 aliphatic carbocycles. The molecule has 1 aliphatic rings. The minimum atomic E-state index is 0.0901. The monoisotopic (exact) mass is 286 g/mol. The Hall–Kier alpha value is -1.91. The van der Waals surface area contributed by atoms with Crippen molar-refractivity contribution in [3.8, 4) is 0 Å². The lowest BCUT2D eigenvalue weighted by molar-refractivity contribution is 0.0510. The Balaban J connectivity index is 1.99. The lowest BCUT2D eigenvalue weighted by Crippen LogP contribution is -2.47. The SMILES string of the molecule is Cc1nn(C)c2ncc(C(=O)N3C(C)CCCC3C)cc12. The quantitative estimate of drug-likeness (QED) is 0.810.